The molecule has 1 saturated heterocycles. The van der Waals surface area contributed by atoms with Crippen LogP contribution in [0.15, 0.2) is 29.6 Å². The first-order valence-corrected chi connectivity index (χ1v) is 11.2. The van der Waals surface area contributed by atoms with Crippen molar-refractivity contribution in [2.24, 2.45) is 0 Å². The number of nitrogens with zero attached hydrogens (tertiary/aromatic N) is 4. The number of ether oxygens (including phenoxy) is 1. The van der Waals surface area contributed by atoms with Gasteiger partial charge in [-0.25, -0.2) is 4.98 Å². The third-order valence-electron chi connectivity index (χ3n) is 4.93. The molecule has 0 N–H and O–H groups in total. The molecule has 3 rings (SSSR count). The van der Waals surface area contributed by atoms with Gasteiger partial charge < -0.3 is 14.5 Å². The summed E-state index contributed by atoms with van der Waals surface area (Å²) < 4.78 is 5.68. The number of hydrogen-bond acceptors (Lipinski definition) is 6. The Morgan fingerprint density at radius 3 is 2.53 bits per heavy atom. The van der Waals surface area contributed by atoms with Crippen molar-refractivity contribution in [2.45, 2.75) is 26.4 Å². The van der Waals surface area contributed by atoms with Gasteiger partial charge in [0.25, 0.3) is 5.91 Å². The van der Waals surface area contributed by atoms with Crippen molar-refractivity contribution in [1.29, 1.82) is 0 Å². The second-order valence-electron chi connectivity index (χ2n) is 7.94. The van der Waals surface area contributed by atoms with E-state index in [2.05, 4.69) is 9.88 Å². The van der Waals surface area contributed by atoms with E-state index < -0.39 is 0 Å². The van der Waals surface area contributed by atoms with Crippen molar-refractivity contribution in [3.8, 4) is 16.3 Å². The predicted octanol–water partition coefficient (Wildman–Crippen LogP) is 2.83. The normalized spacial score (nSPS) is 15.2. The van der Waals surface area contributed by atoms with Gasteiger partial charge in [-0.1, -0.05) is 0 Å². The van der Waals surface area contributed by atoms with Crippen LogP contribution < -0.4 is 4.74 Å². The Hall–Kier alpha value is -2.45. The molecule has 1 aliphatic heterocycles. The van der Waals surface area contributed by atoms with Gasteiger partial charge in [0.05, 0.1) is 12.6 Å². The second kappa shape index (κ2) is 10.0. The molecule has 0 radical (unpaired) electrons. The van der Waals surface area contributed by atoms with Gasteiger partial charge in [0.2, 0.25) is 5.91 Å². The van der Waals surface area contributed by atoms with Crippen LogP contribution >= 0.6 is 11.3 Å². The Morgan fingerprint density at radius 2 is 1.87 bits per heavy atom. The quantitative estimate of drug-likeness (QED) is 0.705. The zero-order chi connectivity index (χ0) is 21.7. The summed E-state index contributed by atoms with van der Waals surface area (Å²) in [5.74, 6) is 0.866. The van der Waals surface area contributed by atoms with E-state index in [1.807, 2.05) is 48.4 Å². The van der Waals surface area contributed by atoms with E-state index in [0.29, 0.717) is 31.9 Å². The maximum Gasteiger partial charge on any atom is 0.273 e. The summed E-state index contributed by atoms with van der Waals surface area (Å²) >= 11 is 1.47. The van der Waals surface area contributed by atoms with Crippen LogP contribution in [0.2, 0.25) is 0 Å². The Bertz CT molecular complexity index is 864. The van der Waals surface area contributed by atoms with Crippen molar-refractivity contribution in [1.82, 2.24) is 19.7 Å². The van der Waals surface area contributed by atoms with E-state index >= 15 is 0 Å². The van der Waals surface area contributed by atoms with Gasteiger partial charge in [-0.15, -0.1) is 11.3 Å². The van der Waals surface area contributed by atoms with E-state index in [0.717, 1.165) is 29.3 Å². The summed E-state index contributed by atoms with van der Waals surface area (Å²) in [4.78, 5) is 35.1. The first-order chi connectivity index (χ1) is 14.3. The summed E-state index contributed by atoms with van der Waals surface area (Å²) in [5, 5.41) is 2.65. The minimum atomic E-state index is -0.0435. The van der Waals surface area contributed by atoms with Crippen molar-refractivity contribution in [3.05, 3.63) is 35.3 Å². The summed E-state index contributed by atoms with van der Waals surface area (Å²) in [6.07, 6.45) is 0.978. The molecule has 2 aromatic rings. The van der Waals surface area contributed by atoms with Gasteiger partial charge in [0.15, 0.2) is 0 Å². The molecule has 2 heterocycles. The van der Waals surface area contributed by atoms with Crippen LogP contribution in [0.3, 0.4) is 0 Å². The van der Waals surface area contributed by atoms with Crippen molar-refractivity contribution in [2.75, 3.05) is 46.8 Å². The third kappa shape index (κ3) is 5.79. The number of benzene rings is 1. The molecular weight excluding hydrogens is 400 g/mol. The molecule has 1 aromatic heterocycles. The predicted molar refractivity (Wildman–Crippen MR) is 119 cm³/mol. The number of thiazole rings is 1. The first-order valence-electron chi connectivity index (χ1n) is 10.3. The van der Waals surface area contributed by atoms with Crippen molar-refractivity contribution < 1.29 is 14.3 Å². The SMILES string of the molecule is CC(C)Oc1ccc(-c2nc(C(=O)N3CCCN(CC(=O)N(C)C)CC3)cs2)cc1. The Kier molecular flexibility index (Phi) is 7.44. The number of rotatable bonds is 6. The average molecular weight is 431 g/mol. The Morgan fingerprint density at radius 1 is 1.13 bits per heavy atom. The molecule has 0 spiro atoms. The van der Waals surface area contributed by atoms with Gasteiger partial charge in [-0.05, 0) is 44.5 Å². The molecule has 0 saturated carbocycles. The largest absolute Gasteiger partial charge is 0.491 e. The standard InChI is InChI=1S/C22H30N4O3S/c1-16(2)29-18-8-6-17(7-9-18)21-23-19(15-30-21)22(28)26-11-5-10-25(12-13-26)14-20(27)24(3)4/h6-9,15-16H,5,10-14H2,1-4H3. The topological polar surface area (TPSA) is 66.0 Å². The molecule has 30 heavy (non-hydrogen) atoms. The first kappa shape index (κ1) is 22.2. The van der Waals surface area contributed by atoms with Crippen molar-refractivity contribution >= 4 is 23.2 Å². The molecular formula is C22H30N4O3S. The molecule has 162 valence electrons. The molecule has 1 aliphatic rings. The third-order valence-corrected chi connectivity index (χ3v) is 5.82. The summed E-state index contributed by atoms with van der Waals surface area (Å²) in [7, 11) is 3.53. The fourth-order valence-corrected chi connectivity index (χ4v) is 4.08. The van der Waals surface area contributed by atoms with E-state index in [4.69, 9.17) is 4.74 Å². The molecule has 0 aliphatic carbocycles. The van der Waals surface area contributed by atoms with Crippen LogP contribution in [-0.4, -0.2) is 84.4 Å². The molecule has 1 aromatic carbocycles. The summed E-state index contributed by atoms with van der Waals surface area (Å²) in [6.45, 7) is 7.18. The van der Waals surface area contributed by atoms with Crippen LogP contribution in [0.4, 0.5) is 0 Å². The van der Waals surface area contributed by atoms with E-state index in [9.17, 15) is 9.59 Å². The highest BCUT2D eigenvalue weighted by molar-refractivity contribution is 7.13. The summed E-state index contributed by atoms with van der Waals surface area (Å²) in [6, 6.07) is 7.79. The smallest absolute Gasteiger partial charge is 0.273 e. The monoisotopic (exact) mass is 430 g/mol. The van der Waals surface area contributed by atoms with Gasteiger partial charge >= 0.3 is 0 Å². The number of carbonyl (C=O) groups excluding carboxylic acids is 2. The van der Waals surface area contributed by atoms with Crippen LogP contribution in [0, 0.1) is 0 Å². The second-order valence-corrected chi connectivity index (χ2v) is 8.80. The maximum atomic E-state index is 13.0. The van der Waals surface area contributed by atoms with Crippen LogP contribution in [-0.2, 0) is 4.79 Å². The lowest BCUT2D eigenvalue weighted by Gasteiger charge is -2.22. The average Bonchev–Trinajstić information content (AvgIpc) is 3.08. The number of likely N-dealkylation sites (N-methyl/N-ethyl adjacent to an activating group) is 1. The van der Waals surface area contributed by atoms with E-state index in [-0.39, 0.29) is 17.9 Å². The Labute approximate surface area is 182 Å². The number of aromatic nitrogens is 1. The molecule has 1 fully saturated rings. The number of amides is 2. The van der Waals surface area contributed by atoms with Gasteiger partial charge in [0.1, 0.15) is 16.5 Å². The van der Waals surface area contributed by atoms with Gasteiger partial charge in [-0.3, -0.25) is 14.5 Å². The molecule has 0 atom stereocenters. The fourth-order valence-electron chi connectivity index (χ4n) is 3.28. The molecule has 0 unspecified atom stereocenters. The van der Waals surface area contributed by atoms with Crippen LogP contribution in [0.5, 0.6) is 5.75 Å². The fraction of sp³-hybridized carbons (Fsp3) is 0.500. The van der Waals surface area contributed by atoms with Crippen LogP contribution in [0.25, 0.3) is 10.6 Å². The highest BCUT2D eigenvalue weighted by Gasteiger charge is 2.23. The molecule has 0 bridgehead atoms. The highest BCUT2D eigenvalue weighted by atomic mass is 32.1. The van der Waals surface area contributed by atoms with Gasteiger partial charge in [0, 0.05) is 51.2 Å². The lowest BCUT2D eigenvalue weighted by Crippen LogP contribution is -2.39. The summed E-state index contributed by atoms with van der Waals surface area (Å²) in [5.41, 5.74) is 1.45. The zero-order valence-electron chi connectivity index (χ0n) is 18.1. The number of hydrogen-bond donors (Lipinski definition) is 0. The number of carbonyl (C=O) groups is 2. The molecule has 2 amide bonds. The van der Waals surface area contributed by atoms with E-state index in [1.165, 1.54) is 11.3 Å². The minimum Gasteiger partial charge on any atom is -0.491 e. The maximum absolute atomic E-state index is 13.0. The molecule has 8 heteroatoms. The zero-order valence-corrected chi connectivity index (χ0v) is 18.9. The minimum absolute atomic E-state index is 0.0435. The van der Waals surface area contributed by atoms with E-state index in [1.54, 1.807) is 19.0 Å². The Balaban J connectivity index is 1.61. The lowest BCUT2D eigenvalue weighted by atomic mass is 10.2. The lowest BCUT2D eigenvalue weighted by molar-refractivity contribution is -0.129. The molecule has 7 nitrogen and oxygen atoms in total. The van der Waals surface area contributed by atoms with Gasteiger partial charge in [-0.2, -0.15) is 0 Å². The van der Waals surface area contributed by atoms with Crippen molar-refractivity contribution in [3.63, 3.8) is 0 Å². The highest BCUT2D eigenvalue weighted by Crippen LogP contribution is 2.26. The van der Waals surface area contributed by atoms with Crippen LogP contribution in [0.1, 0.15) is 30.8 Å².